The largest absolute Gasteiger partial charge is 0.393 e. The molecule has 0 saturated carbocycles. The number of hydrogen-bond donors (Lipinski definition) is 14. The van der Waals surface area contributed by atoms with Crippen molar-refractivity contribution in [3.05, 3.63) is 35.9 Å². The van der Waals surface area contributed by atoms with Crippen LogP contribution < -0.4 is 70.8 Å². The average Bonchev–Trinajstić information content (AvgIpc) is 3.33. The minimum Gasteiger partial charge on any atom is -0.393 e. The molecule has 0 aromatic heterocycles. The maximum absolute atomic E-state index is 14.3. The molecule has 0 bridgehead atoms. The third-order valence-electron chi connectivity index (χ3n) is 12.2. The minimum absolute atomic E-state index is 0.0469. The number of nitrogens with two attached hydrogens (primary N) is 4. The number of carbonyl (C=O) groups excluding carboxylic acids is 9. The fourth-order valence-electron chi connectivity index (χ4n) is 8.19. The Morgan fingerprint density at radius 1 is 0.616 bits per heavy atom. The van der Waals surface area contributed by atoms with Gasteiger partial charge in [-0.05, 0) is 82.0 Å². The van der Waals surface area contributed by atoms with E-state index in [1.54, 1.807) is 30.3 Å². The third-order valence-corrected chi connectivity index (χ3v) is 12.2. The van der Waals surface area contributed by atoms with Gasteiger partial charge in [0.2, 0.25) is 53.2 Å². The first kappa shape index (κ1) is 63.4. The molecule has 1 aromatic carbocycles. The van der Waals surface area contributed by atoms with Crippen molar-refractivity contribution in [2.75, 3.05) is 32.7 Å². The van der Waals surface area contributed by atoms with Crippen molar-refractivity contribution < 1.29 is 48.3 Å². The molecule has 1 heterocycles. The van der Waals surface area contributed by atoms with E-state index in [9.17, 15) is 48.3 Å². The molecule has 1 saturated heterocycles. The van der Waals surface area contributed by atoms with Crippen molar-refractivity contribution >= 4 is 53.2 Å². The van der Waals surface area contributed by atoms with Gasteiger partial charge in [0.15, 0.2) is 0 Å². The van der Waals surface area contributed by atoms with Gasteiger partial charge in [-0.1, -0.05) is 97.1 Å². The van der Waals surface area contributed by atoms with Gasteiger partial charge in [0, 0.05) is 19.5 Å². The highest BCUT2D eigenvalue weighted by Gasteiger charge is 2.35. The number of amides is 9. The lowest BCUT2D eigenvalue weighted by Crippen LogP contribution is -2.61. The van der Waals surface area contributed by atoms with E-state index < -0.39 is 114 Å². The predicted molar refractivity (Wildman–Crippen MR) is 276 cm³/mol. The molecule has 1 aliphatic rings. The van der Waals surface area contributed by atoms with Crippen LogP contribution in [0.3, 0.4) is 0 Å². The summed E-state index contributed by atoms with van der Waals surface area (Å²) in [5.74, 6) is -7.21. The molecule has 9 atom stereocenters. The van der Waals surface area contributed by atoms with Crippen LogP contribution in [0.2, 0.25) is 0 Å². The molecule has 73 heavy (non-hydrogen) atoms. The highest BCUT2D eigenvalue weighted by molar-refractivity contribution is 5.98. The first-order valence-electron chi connectivity index (χ1n) is 26.0. The highest BCUT2D eigenvalue weighted by atomic mass is 16.3. The van der Waals surface area contributed by atoms with Crippen molar-refractivity contribution in [2.45, 2.75) is 179 Å². The molecule has 9 amide bonds. The van der Waals surface area contributed by atoms with E-state index in [1.807, 2.05) is 27.7 Å². The van der Waals surface area contributed by atoms with Gasteiger partial charge in [0.1, 0.15) is 48.3 Å². The molecule has 2 rings (SSSR count). The smallest absolute Gasteiger partial charge is 0.244 e. The molecule has 0 spiro atoms. The Kier molecular flexibility index (Phi) is 30.1. The van der Waals surface area contributed by atoms with E-state index in [0.717, 1.165) is 32.1 Å². The Hall–Kier alpha value is -5.75. The average molecular weight is 1030 g/mol. The molecule has 1 fully saturated rings. The summed E-state index contributed by atoms with van der Waals surface area (Å²) in [5, 5.41) is 34.5. The lowest BCUT2D eigenvalue weighted by atomic mass is 10.00. The van der Waals surface area contributed by atoms with E-state index in [-0.39, 0.29) is 89.4 Å². The molecular formula is C50H87N13O10. The number of carbonyl (C=O) groups is 9. The zero-order valence-corrected chi connectivity index (χ0v) is 43.6. The highest BCUT2D eigenvalue weighted by Crippen LogP contribution is 2.13. The van der Waals surface area contributed by atoms with Crippen LogP contribution in [0.25, 0.3) is 0 Å². The van der Waals surface area contributed by atoms with Crippen LogP contribution in [-0.4, -0.2) is 145 Å². The number of benzene rings is 1. The van der Waals surface area contributed by atoms with E-state index in [1.165, 1.54) is 0 Å². The SMILES string of the molecule is CCCCCCC[C@@H](O)CC(=O)N[C@H](CN)C(=O)N[C@H]1CCNC(=O)[C@H](CC(C)C)NC(=O)[C@H](CCN)NC(=O)[C@H](CCN)NC(=O)[C@H](CC(C)C)NC(=O)[C@@H](Cc2ccccc2)NC(=O)[C@H](CCN)NC1=O. The number of rotatable bonds is 24. The molecule has 0 radical (unpaired) electrons. The lowest BCUT2D eigenvalue weighted by Gasteiger charge is -2.28. The second kappa shape index (κ2) is 34.6. The molecule has 0 unspecified atom stereocenters. The maximum atomic E-state index is 14.3. The normalized spacial score (nSPS) is 23.2. The standard InChI is InChI=1S/C50H87N13O10/c1-6-7-8-9-13-16-33(64)28-42(65)56-41(29-54)50(73)60-37-20-24-55-43(66)38(25-30(2)3)61-45(68)35(18-22-52)57-44(67)34(17-21-51)59-48(71)39(26-31(4)5)62-49(72)40(27-32-14-11-10-12-15-32)63-46(69)36(19-23-53)58-47(37)70/h10-12,14-15,30-31,33-41,64H,6-9,13,16-29,51-54H2,1-5H3,(H,55,66)(H,56,65)(H,57,67)(H,58,70)(H,59,71)(H,60,73)(H,61,68)(H,62,72)(H,63,69)/t33-,34+,35+,36+,37+,38+,39+,40-,41-/m1/s1. The van der Waals surface area contributed by atoms with Crippen LogP contribution in [0, 0.1) is 11.8 Å². The quantitative estimate of drug-likeness (QED) is 0.0491. The monoisotopic (exact) mass is 1030 g/mol. The molecular weight excluding hydrogens is 943 g/mol. The van der Waals surface area contributed by atoms with Crippen LogP contribution >= 0.6 is 0 Å². The molecule has 412 valence electrons. The van der Waals surface area contributed by atoms with Crippen LogP contribution in [0.5, 0.6) is 0 Å². The first-order chi connectivity index (χ1) is 34.8. The summed E-state index contributed by atoms with van der Waals surface area (Å²) in [6.45, 7) is 8.52. The van der Waals surface area contributed by atoms with Crippen LogP contribution in [0.1, 0.15) is 124 Å². The topological polar surface area (TPSA) is 386 Å². The van der Waals surface area contributed by atoms with Crippen molar-refractivity contribution in [1.82, 2.24) is 47.9 Å². The Bertz CT molecular complexity index is 1910. The summed E-state index contributed by atoms with van der Waals surface area (Å²) in [5.41, 5.74) is 24.3. The van der Waals surface area contributed by atoms with E-state index in [4.69, 9.17) is 22.9 Å². The summed E-state index contributed by atoms with van der Waals surface area (Å²) in [6, 6.07) is -1.72. The van der Waals surface area contributed by atoms with E-state index in [2.05, 4.69) is 54.8 Å². The molecule has 23 nitrogen and oxygen atoms in total. The minimum atomic E-state index is -1.48. The van der Waals surface area contributed by atoms with Crippen LogP contribution in [0.15, 0.2) is 30.3 Å². The van der Waals surface area contributed by atoms with E-state index in [0.29, 0.717) is 12.0 Å². The Morgan fingerprint density at radius 2 is 1.07 bits per heavy atom. The predicted octanol–water partition coefficient (Wildman–Crippen LogP) is -2.16. The van der Waals surface area contributed by atoms with Crippen molar-refractivity contribution in [2.24, 2.45) is 34.8 Å². The van der Waals surface area contributed by atoms with Crippen LogP contribution in [-0.2, 0) is 49.6 Å². The third kappa shape index (κ3) is 24.2. The maximum Gasteiger partial charge on any atom is 0.244 e. The van der Waals surface area contributed by atoms with Gasteiger partial charge < -0.3 is 75.9 Å². The molecule has 23 heteroatoms. The molecule has 18 N–H and O–H groups in total. The summed E-state index contributed by atoms with van der Waals surface area (Å²) in [6.07, 6.45) is 3.56. The Morgan fingerprint density at radius 3 is 1.56 bits per heavy atom. The summed E-state index contributed by atoms with van der Waals surface area (Å²) >= 11 is 0. The number of nitrogens with one attached hydrogen (secondary N) is 9. The van der Waals surface area contributed by atoms with Gasteiger partial charge in [-0.2, -0.15) is 0 Å². The summed E-state index contributed by atoms with van der Waals surface area (Å²) in [4.78, 5) is 125. The number of hydrogen-bond acceptors (Lipinski definition) is 14. The van der Waals surface area contributed by atoms with Gasteiger partial charge in [-0.3, -0.25) is 43.2 Å². The van der Waals surface area contributed by atoms with Crippen molar-refractivity contribution in [3.8, 4) is 0 Å². The number of aliphatic hydroxyl groups excluding tert-OH is 1. The zero-order chi connectivity index (χ0) is 54.5. The molecule has 1 aliphatic heterocycles. The van der Waals surface area contributed by atoms with Crippen molar-refractivity contribution in [3.63, 3.8) is 0 Å². The zero-order valence-electron chi connectivity index (χ0n) is 43.6. The van der Waals surface area contributed by atoms with Gasteiger partial charge in [-0.15, -0.1) is 0 Å². The fraction of sp³-hybridized carbons (Fsp3) is 0.700. The van der Waals surface area contributed by atoms with Crippen LogP contribution in [0.4, 0.5) is 0 Å². The van der Waals surface area contributed by atoms with Gasteiger partial charge in [0.25, 0.3) is 0 Å². The van der Waals surface area contributed by atoms with E-state index >= 15 is 0 Å². The second-order valence-corrected chi connectivity index (χ2v) is 19.6. The fourth-order valence-corrected chi connectivity index (χ4v) is 8.19. The van der Waals surface area contributed by atoms with Gasteiger partial charge >= 0.3 is 0 Å². The summed E-state index contributed by atoms with van der Waals surface area (Å²) < 4.78 is 0. The number of aliphatic hydroxyl groups is 1. The van der Waals surface area contributed by atoms with Crippen molar-refractivity contribution in [1.29, 1.82) is 0 Å². The second-order valence-electron chi connectivity index (χ2n) is 19.6. The number of unbranched alkanes of at least 4 members (excludes halogenated alkanes) is 4. The lowest BCUT2D eigenvalue weighted by molar-refractivity contribution is -0.136. The summed E-state index contributed by atoms with van der Waals surface area (Å²) in [7, 11) is 0. The van der Waals surface area contributed by atoms with Gasteiger partial charge in [-0.25, -0.2) is 0 Å². The Labute approximate surface area is 430 Å². The molecule has 0 aliphatic carbocycles. The first-order valence-corrected chi connectivity index (χ1v) is 26.0. The molecule has 1 aromatic rings. The van der Waals surface area contributed by atoms with Gasteiger partial charge in [0.05, 0.1) is 12.5 Å². The Balaban J connectivity index is 2.66.